The van der Waals surface area contributed by atoms with Crippen LogP contribution in [0.4, 0.5) is 5.69 Å². The molecule has 0 amide bonds. The first-order chi connectivity index (χ1) is 17.8. The highest BCUT2D eigenvalue weighted by Crippen LogP contribution is 2.71. The summed E-state index contributed by atoms with van der Waals surface area (Å²) in [6.07, 6.45) is 0. The van der Waals surface area contributed by atoms with Gasteiger partial charge in [-0.05, 0) is 59.5 Å². The molecule has 0 aromatic heterocycles. The third-order valence-corrected chi connectivity index (χ3v) is 10.7. The molecule has 184 valence electrons. The van der Waals surface area contributed by atoms with Crippen molar-refractivity contribution in [1.29, 1.82) is 0 Å². The predicted molar refractivity (Wildman–Crippen MR) is 158 cm³/mol. The number of ketones is 1. The van der Waals surface area contributed by atoms with Crippen LogP contribution in [0, 0.1) is 6.92 Å². The van der Waals surface area contributed by atoms with Crippen LogP contribution in [0.2, 0.25) is 10.0 Å². The smallest absolute Gasteiger partial charge is 0.187 e. The lowest BCUT2D eigenvalue weighted by Crippen LogP contribution is -2.34. The summed E-state index contributed by atoms with van der Waals surface area (Å²) in [5.74, 6) is -0.0472. The molecule has 3 nitrogen and oxygen atoms in total. The van der Waals surface area contributed by atoms with Crippen LogP contribution in [0.1, 0.15) is 34.7 Å². The van der Waals surface area contributed by atoms with Crippen LogP contribution in [-0.4, -0.2) is 10.8 Å². The predicted octanol–water partition coefficient (Wildman–Crippen LogP) is 8.61. The minimum absolute atomic E-state index is 0.0472. The third kappa shape index (κ3) is 3.83. The lowest BCUT2D eigenvalue weighted by Gasteiger charge is -2.37. The van der Waals surface area contributed by atoms with Gasteiger partial charge in [0.2, 0.25) is 0 Å². The summed E-state index contributed by atoms with van der Waals surface area (Å²) in [6, 6.07) is 32.7. The van der Waals surface area contributed by atoms with Gasteiger partial charge in [0.1, 0.15) is 0 Å². The molecule has 0 bridgehead atoms. The number of fused-ring (bicyclic) bond motifs is 2. The zero-order valence-corrected chi connectivity index (χ0v) is 23.3. The number of aryl methyl sites for hydroxylation is 1. The molecule has 7 heteroatoms. The number of rotatable bonds is 4. The van der Waals surface area contributed by atoms with E-state index in [1.54, 1.807) is 18.7 Å². The van der Waals surface area contributed by atoms with Crippen molar-refractivity contribution in [1.82, 2.24) is 0 Å². The topological polar surface area (TPSA) is 32.7 Å². The van der Waals surface area contributed by atoms with Crippen LogP contribution < -0.4 is 5.01 Å². The zero-order chi connectivity index (χ0) is 25.8. The van der Waals surface area contributed by atoms with Crippen molar-refractivity contribution in [3.8, 4) is 0 Å². The fraction of sp³-hybridized carbons (Fsp3) is 0.133. The fourth-order valence-corrected chi connectivity index (χ4v) is 8.88. The molecule has 6 rings (SSSR count). The largest absolute Gasteiger partial charge is 0.292 e. The summed E-state index contributed by atoms with van der Waals surface area (Å²) in [4.78, 5) is 12.7. The SMILES string of the molecule is CC(=O)C1=NN(c2ccccc2C)[C@]2(S1)SC(c1ccc(Cl)cc1)(c1ccc(Cl)cc1)c1ccccc12. The zero-order valence-electron chi connectivity index (χ0n) is 20.1. The van der Waals surface area contributed by atoms with Crippen molar-refractivity contribution in [3.63, 3.8) is 0 Å². The Balaban J connectivity index is 1.66. The second-order valence-electron chi connectivity index (χ2n) is 9.09. The number of hydrogen-bond donors (Lipinski definition) is 0. The van der Waals surface area contributed by atoms with Gasteiger partial charge in [-0.3, -0.25) is 4.79 Å². The summed E-state index contributed by atoms with van der Waals surface area (Å²) in [5, 5.41) is 8.83. The highest BCUT2D eigenvalue weighted by Gasteiger charge is 2.61. The molecule has 0 radical (unpaired) electrons. The number of hydrazone groups is 1. The number of halogens is 2. The van der Waals surface area contributed by atoms with E-state index in [-0.39, 0.29) is 5.78 Å². The molecule has 0 saturated carbocycles. The van der Waals surface area contributed by atoms with E-state index in [4.69, 9.17) is 28.3 Å². The maximum atomic E-state index is 12.7. The number of nitrogens with zero attached hydrogens (tertiary/aromatic N) is 2. The van der Waals surface area contributed by atoms with Crippen LogP contribution >= 0.6 is 46.7 Å². The summed E-state index contributed by atoms with van der Waals surface area (Å²) in [6.45, 7) is 3.66. The van der Waals surface area contributed by atoms with Crippen LogP contribution in [0.15, 0.2) is 102 Å². The maximum Gasteiger partial charge on any atom is 0.187 e. The van der Waals surface area contributed by atoms with E-state index in [0.717, 1.165) is 33.5 Å². The van der Waals surface area contributed by atoms with Crippen molar-refractivity contribution in [3.05, 3.63) is 135 Å². The minimum atomic E-state index is -0.705. The minimum Gasteiger partial charge on any atom is -0.292 e. The highest BCUT2D eigenvalue weighted by molar-refractivity contribution is 8.27. The molecule has 2 heterocycles. The van der Waals surface area contributed by atoms with E-state index >= 15 is 0 Å². The quantitative estimate of drug-likeness (QED) is 0.250. The number of anilines is 1. The van der Waals surface area contributed by atoms with Gasteiger partial charge in [-0.1, -0.05) is 113 Å². The Morgan fingerprint density at radius 3 is 1.89 bits per heavy atom. The molecule has 2 aliphatic heterocycles. The molecule has 1 spiro atoms. The van der Waals surface area contributed by atoms with E-state index in [9.17, 15) is 4.79 Å². The summed E-state index contributed by atoms with van der Waals surface area (Å²) in [5.41, 5.74) is 6.50. The summed E-state index contributed by atoms with van der Waals surface area (Å²) < 4.78 is -1.30. The first-order valence-corrected chi connectivity index (χ1v) is 14.2. The molecule has 0 unspecified atom stereocenters. The molecule has 0 N–H and O–H groups in total. The lowest BCUT2D eigenvalue weighted by molar-refractivity contribution is -0.110. The van der Waals surface area contributed by atoms with Crippen molar-refractivity contribution in [2.75, 3.05) is 5.01 Å². The molecular weight excluding hydrogens is 539 g/mol. The van der Waals surface area contributed by atoms with E-state index in [1.165, 1.54) is 11.8 Å². The number of carbonyl (C=O) groups excluding carboxylic acids is 1. The van der Waals surface area contributed by atoms with E-state index in [2.05, 4.69) is 67.6 Å². The van der Waals surface area contributed by atoms with Gasteiger partial charge < -0.3 is 0 Å². The number of benzene rings is 4. The second-order valence-corrected chi connectivity index (χ2v) is 12.8. The molecule has 4 aromatic rings. The standard InChI is InChI=1S/C30H22Cl2N2OS2/c1-19-7-3-6-10-27(19)34-30(36-28(33-34)20(2)35)26-9-5-4-8-25(26)29(37-30,21-11-15-23(31)16-12-21)22-13-17-24(32)18-14-22/h3-18H,1-2H3/t30-/m1/s1. The maximum absolute atomic E-state index is 12.7. The number of para-hydroxylation sites is 1. The van der Waals surface area contributed by atoms with Crippen molar-refractivity contribution < 1.29 is 4.79 Å². The van der Waals surface area contributed by atoms with E-state index in [0.29, 0.717) is 15.1 Å². The Morgan fingerprint density at radius 2 is 1.32 bits per heavy atom. The Labute approximate surface area is 234 Å². The van der Waals surface area contributed by atoms with Gasteiger partial charge in [-0.2, -0.15) is 5.10 Å². The average Bonchev–Trinajstić information content (AvgIpc) is 3.43. The Hall–Kier alpha value is -2.70. The van der Waals surface area contributed by atoms with Gasteiger partial charge in [-0.15, -0.1) is 0 Å². The molecule has 37 heavy (non-hydrogen) atoms. The number of carbonyl (C=O) groups is 1. The van der Waals surface area contributed by atoms with Crippen molar-refractivity contribution in [2.45, 2.75) is 22.8 Å². The molecule has 1 atom stereocenters. The van der Waals surface area contributed by atoms with E-state index in [1.807, 2.05) is 41.4 Å². The van der Waals surface area contributed by atoms with Crippen LogP contribution in [0.25, 0.3) is 0 Å². The van der Waals surface area contributed by atoms with Gasteiger partial charge in [0.15, 0.2) is 15.0 Å². The van der Waals surface area contributed by atoms with Crippen LogP contribution in [-0.2, 0) is 13.7 Å². The number of thioether (sulfide) groups is 2. The van der Waals surface area contributed by atoms with E-state index < -0.39 is 8.95 Å². The van der Waals surface area contributed by atoms with Gasteiger partial charge in [-0.25, -0.2) is 5.01 Å². The van der Waals surface area contributed by atoms with Gasteiger partial charge in [0.25, 0.3) is 0 Å². The molecule has 0 fully saturated rings. The Morgan fingerprint density at radius 1 is 0.784 bits per heavy atom. The Kier molecular flexibility index (Phi) is 6.15. The number of Topliss-reactive ketones (excluding diaryl/α,β-unsaturated/α-hetero) is 1. The first-order valence-electron chi connectivity index (χ1n) is 11.8. The third-order valence-electron chi connectivity index (χ3n) is 6.79. The summed E-state index contributed by atoms with van der Waals surface area (Å²) in [7, 11) is 0. The molecule has 2 aliphatic rings. The first kappa shape index (κ1) is 24.6. The van der Waals surface area contributed by atoms with Crippen LogP contribution in [0.3, 0.4) is 0 Å². The van der Waals surface area contributed by atoms with Crippen molar-refractivity contribution in [2.24, 2.45) is 5.10 Å². The highest BCUT2D eigenvalue weighted by atomic mass is 35.5. The Bertz CT molecular complexity index is 1510. The molecule has 0 aliphatic carbocycles. The van der Waals surface area contributed by atoms with Gasteiger partial charge in [0.05, 0.1) is 10.4 Å². The molecule has 4 aromatic carbocycles. The van der Waals surface area contributed by atoms with Crippen LogP contribution in [0.5, 0.6) is 0 Å². The molecule has 0 saturated heterocycles. The number of hydrogen-bond acceptors (Lipinski definition) is 5. The molecular formula is C30H22Cl2N2OS2. The van der Waals surface area contributed by atoms with Crippen molar-refractivity contribution >= 4 is 63.2 Å². The monoisotopic (exact) mass is 560 g/mol. The average molecular weight is 562 g/mol. The van der Waals surface area contributed by atoms with Gasteiger partial charge in [0, 0.05) is 22.5 Å². The summed E-state index contributed by atoms with van der Waals surface area (Å²) >= 11 is 16.0. The fourth-order valence-electron chi connectivity index (χ4n) is 5.09. The lowest BCUT2D eigenvalue weighted by atomic mass is 9.82. The van der Waals surface area contributed by atoms with Gasteiger partial charge >= 0.3 is 0 Å². The second kappa shape index (κ2) is 9.25. The normalized spacial score (nSPS) is 19.7.